The van der Waals surface area contributed by atoms with Crippen LogP contribution in [0.1, 0.15) is 19.0 Å². The van der Waals surface area contributed by atoms with Crippen molar-refractivity contribution in [2.24, 2.45) is 10.9 Å². The second kappa shape index (κ2) is 9.09. The normalized spacial score (nSPS) is 17.4. The zero-order chi connectivity index (χ0) is 22.7. The smallest absolute Gasteiger partial charge is 0.258 e. The van der Waals surface area contributed by atoms with Gasteiger partial charge in [-0.15, -0.1) is 0 Å². The van der Waals surface area contributed by atoms with Gasteiger partial charge in [0.05, 0.1) is 0 Å². The third kappa shape index (κ3) is 4.27. The molecule has 0 spiro atoms. The van der Waals surface area contributed by atoms with Gasteiger partial charge in [-0.2, -0.15) is 0 Å². The van der Waals surface area contributed by atoms with Crippen LogP contribution in [0.15, 0.2) is 77.1 Å². The Balaban J connectivity index is 1.83. The van der Waals surface area contributed by atoms with Crippen LogP contribution in [0.4, 0.5) is 10.1 Å². The molecule has 0 saturated carbocycles. The van der Waals surface area contributed by atoms with Crippen LogP contribution >= 0.6 is 0 Å². The van der Waals surface area contributed by atoms with Gasteiger partial charge in [-0.25, -0.2) is 9.38 Å². The van der Waals surface area contributed by atoms with Crippen LogP contribution in [0.25, 0.3) is 10.9 Å². The van der Waals surface area contributed by atoms with Crippen LogP contribution in [0.2, 0.25) is 0 Å². The van der Waals surface area contributed by atoms with Crippen molar-refractivity contribution >= 4 is 28.3 Å². The number of aryl methyl sites for hydroxylation is 1. The van der Waals surface area contributed by atoms with Gasteiger partial charge >= 0.3 is 0 Å². The van der Waals surface area contributed by atoms with Gasteiger partial charge in [-0.3, -0.25) is 4.79 Å². The molecule has 6 nitrogen and oxygen atoms in total. The van der Waals surface area contributed by atoms with Gasteiger partial charge in [0.15, 0.2) is 11.6 Å². The molecule has 1 aliphatic rings. The molecule has 7 heteroatoms. The van der Waals surface area contributed by atoms with Gasteiger partial charge in [-0.1, -0.05) is 31.2 Å². The third-order valence-electron chi connectivity index (χ3n) is 5.28. The Labute approximate surface area is 185 Å². The molecule has 2 aromatic carbocycles. The van der Waals surface area contributed by atoms with Crippen LogP contribution in [0, 0.1) is 18.7 Å². The Kier molecular flexibility index (Phi) is 6.07. The maximum Gasteiger partial charge on any atom is 0.258 e. The van der Waals surface area contributed by atoms with Gasteiger partial charge in [0.25, 0.3) is 5.91 Å². The number of likely N-dealkylation sites (N-methyl/N-ethyl adjacent to an activating group) is 1. The minimum atomic E-state index is -0.477. The van der Waals surface area contributed by atoms with Crippen molar-refractivity contribution < 1.29 is 13.9 Å². The van der Waals surface area contributed by atoms with E-state index >= 15 is 4.39 Å². The lowest BCUT2D eigenvalue weighted by molar-refractivity contribution is -0.116. The monoisotopic (exact) mass is 432 g/mol. The van der Waals surface area contributed by atoms with Crippen molar-refractivity contribution in [2.75, 3.05) is 12.4 Å². The predicted molar refractivity (Wildman–Crippen MR) is 125 cm³/mol. The Bertz CT molecular complexity index is 1240. The van der Waals surface area contributed by atoms with E-state index in [4.69, 9.17) is 4.74 Å². The van der Waals surface area contributed by atoms with E-state index in [-0.39, 0.29) is 23.1 Å². The number of rotatable bonds is 4. The van der Waals surface area contributed by atoms with E-state index in [0.29, 0.717) is 28.9 Å². The van der Waals surface area contributed by atoms with Crippen molar-refractivity contribution in [2.45, 2.75) is 20.3 Å². The molecule has 1 unspecified atom stereocenters. The summed E-state index contributed by atoms with van der Waals surface area (Å²) in [6.07, 6.45) is 4.15. The first-order chi connectivity index (χ1) is 15.5. The summed E-state index contributed by atoms with van der Waals surface area (Å²) >= 11 is 0. The molecule has 1 aliphatic heterocycles. The number of allylic oxidation sites excluding steroid dienone is 2. The number of hydrogen-bond donors (Lipinski definition) is 3. The van der Waals surface area contributed by atoms with Crippen LogP contribution < -0.4 is 15.4 Å². The first-order valence-electron chi connectivity index (χ1n) is 10.4. The molecule has 0 radical (unpaired) electrons. The fourth-order valence-corrected chi connectivity index (χ4v) is 3.66. The molecular weight excluding hydrogens is 407 g/mol. The van der Waals surface area contributed by atoms with Crippen LogP contribution in [0.3, 0.4) is 0 Å². The first-order valence-corrected chi connectivity index (χ1v) is 10.4. The highest BCUT2D eigenvalue weighted by atomic mass is 19.1. The zero-order valence-electron chi connectivity index (χ0n) is 18.2. The highest BCUT2D eigenvalue weighted by molar-refractivity contribution is 6.25. The van der Waals surface area contributed by atoms with E-state index in [2.05, 4.69) is 20.6 Å². The molecule has 32 heavy (non-hydrogen) atoms. The summed E-state index contributed by atoms with van der Waals surface area (Å²) in [5, 5.41) is 6.30. The molecular formula is C25H25FN4O2. The Morgan fingerprint density at radius 2 is 2.00 bits per heavy atom. The highest BCUT2D eigenvalue weighted by Crippen LogP contribution is 2.32. The number of nitrogens with one attached hydrogen (secondary N) is 3. The van der Waals surface area contributed by atoms with Crippen molar-refractivity contribution in [1.82, 2.24) is 10.3 Å². The maximum absolute atomic E-state index is 15.3. The molecule has 0 aliphatic carbocycles. The number of ether oxygens (including phenoxy) is 1. The molecule has 3 aromatic rings. The van der Waals surface area contributed by atoms with Crippen molar-refractivity contribution in [3.05, 3.63) is 83.7 Å². The van der Waals surface area contributed by atoms with E-state index in [1.54, 1.807) is 31.4 Å². The summed E-state index contributed by atoms with van der Waals surface area (Å²) in [6, 6.07) is 14.5. The number of carbonyl (C=O) groups excluding carboxylic acids is 1. The van der Waals surface area contributed by atoms with Crippen LogP contribution in [0.5, 0.6) is 5.75 Å². The number of amidine groups is 1. The number of anilines is 1. The molecule has 164 valence electrons. The van der Waals surface area contributed by atoms with Gasteiger partial charge < -0.3 is 20.4 Å². The quantitative estimate of drug-likeness (QED) is 0.539. The molecule has 1 aromatic heterocycles. The number of amides is 1. The number of aliphatic imine (C=N–C) groups is 1. The van der Waals surface area contributed by atoms with E-state index in [1.807, 2.05) is 50.3 Å². The summed E-state index contributed by atoms with van der Waals surface area (Å²) in [5.41, 5.74) is 2.55. The summed E-state index contributed by atoms with van der Waals surface area (Å²) in [6.45, 7) is 3.80. The number of aromatic amines is 1. The van der Waals surface area contributed by atoms with Gasteiger partial charge in [-0.05, 0) is 43.7 Å². The SMILES string of the molecule is CNC(=O)C1=C(Oc2ccc3[nH]c(C)cc3c2F)C(C)C/C=C/N=C1Nc1ccccc1. The number of carbonyl (C=O) groups is 1. The van der Waals surface area contributed by atoms with Crippen molar-refractivity contribution in [3.8, 4) is 5.75 Å². The highest BCUT2D eigenvalue weighted by Gasteiger charge is 2.28. The second-order valence-corrected chi connectivity index (χ2v) is 7.70. The van der Waals surface area contributed by atoms with E-state index < -0.39 is 5.82 Å². The number of nitrogens with zero attached hydrogens (tertiary/aromatic N) is 1. The molecule has 1 amide bonds. The molecule has 0 fully saturated rings. The predicted octanol–water partition coefficient (Wildman–Crippen LogP) is 5.06. The lowest BCUT2D eigenvalue weighted by Crippen LogP contribution is -2.32. The lowest BCUT2D eigenvalue weighted by atomic mass is 9.98. The van der Waals surface area contributed by atoms with Crippen LogP contribution in [-0.2, 0) is 4.79 Å². The first kappa shape index (κ1) is 21.4. The number of fused-ring (bicyclic) bond motifs is 1. The Hall–Kier alpha value is -3.87. The van der Waals surface area contributed by atoms with Gasteiger partial charge in [0.1, 0.15) is 17.2 Å². The molecule has 4 rings (SSSR count). The number of H-pyrrole nitrogens is 1. The number of para-hydroxylation sites is 1. The fraction of sp³-hybridized carbons (Fsp3) is 0.200. The number of benzene rings is 2. The van der Waals surface area contributed by atoms with Crippen molar-refractivity contribution in [3.63, 3.8) is 0 Å². The Morgan fingerprint density at radius 3 is 2.75 bits per heavy atom. The molecule has 0 saturated heterocycles. The number of halogens is 1. The average molecular weight is 432 g/mol. The van der Waals surface area contributed by atoms with E-state index in [0.717, 1.165) is 11.4 Å². The average Bonchev–Trinajstić information content (AvgIpc) is 3.18. The number of aromatic nitrogens is 1. The maximum atomic E-state index is 15.3. The molecule has 2 heterocycles. The van der Waals surface area contributed by atoms with E-state index in [9.17, 15) is 4.79 Å². The van der Waals surface area contributed by atoms with E-state index in [1.165, 1.54) is 0 Å². The zero-order valence-corrected chi connectivity index (χ0v) is 18.2. The fourth-order valence-electron chi connectivity index (χ4n) is 3.66. The summed E-state index contributed by atoms with van der Waals surface area (Å²) in [5.74, 6) is -0.306. The van der Waals surface area contributed by atoms with Gasteiger partial charge in [0.2, 0.25) is 0 Å². The minimum Gasteiger partial charge on any atom is -0.457 e. The minimum absolute atomic E-state index is 0.0587. The van der Waals surface area contributed by atoms with Crippen LogP contribution in [-0.4, -0.2) is 23.8 Å². The Morgan fingerprint density at radius 1 is 1.22 bits per heavy atom. The number of hydrogen-bond acceptors (Lipinski definition) is 4. The summed E-state index contributed by atoms with van der Waals surface area (Å²) in [4.78, 5) is 20.6. The largest absolute Gasteiger partial charge is 0.457 e. The summed E-state index contributed by atoms with van der Waals surface area (Å²) < 4.78 is 21.4. The van der Waals surface area contributed by atoms with Crippen molar-refractivity contribution in [1.29, 1.82) is 0 Å². The summed E-state index contributed by atoms with van der Waals surface area (Å²) in [7, 11) is 1.54. The standard InChI is InChI=1S/C25H25FN4O2/c1-15-8-7-13-28-24(30-17-9-5-4-6-10-17)21(25(31)27-3)23(15)32-20-12-11-19-18(22(20)26)14-16(2)29-19/h4-7,9-15,29H,8H2,1-3H3,(H,27,31)(H,28,30)/b13-7+,23-21?. The molecule has 0 bridgehead atoms. The lowest BCUT2D eigenvalue weighted by Gasteiger charge is -2.23. The van der Waals surface area contributed by atoms with Gasteiger partial charge in [0, 0.05) is 41.4 Å². The second-order valence-electron chi connectivity index (χ2n) is 7.70. The topological polar surface area (TPSA) is 78.5 Å². The third-order valence-corrected chi connectivity index (χ3v) is 5.28. The molecule has 1 atom stereocenters. The molecule has 3 N–H and O–H groups in total.